The number of ether oxygens (including phenoxy) is 2. The SMILES string of the molecule is c1[nH]c2ncc3nc(OC4CCC4)cn3c2c1C1CCOCC1. The van der Waals surface area contributed by atoms with E-state index in [4.69, 9.17) is 9.47 Å². The third kappa shape index (κ3) is 2.20. The second-order valence-electron chi connectivity index (χ2n) is 6.56. The van der Waals surface area contributed by atoms with Crippen molar-refractivity contribution in [2.24, 2.45) is 0 Å². The highest BCUT2D eigenvalue weighted by molar-refractivity contribution is 5.79. The van der Waals surface area contributed by atoms with E-state index in [-0.39, 0.29) is 0 Å². The fraction of sp³-hybridized carbons (Fsp3) is 0.529. The third-order valence-electron chi connectivity index (χ3n) is 5.12. The summed E-state index contributed by atoms with van der Waals surface area (Å²) in [5.41, 5.74) is 4.20. The van der Waals surface area contributed by atoms with Crippen molar-refractivity contribution < 1.29 is 9.47 Å². The molecule has 0 atom stereocenters. The Morgan fingerprint density at radius 1 is 1.22 bits per heavy atom. The zero-order valence-electron chi connectivity index (χ0n) is 13.0. The molecule has 23 heavy (non-hydrogen) atoms. The molecule has 0 spiro atoms. The van der Waals surface area contributed by atoms with Crippen LogP contribution in [-0.4, -0.2) is 38.7 Å². The lowest BCUT2D eigenvalue weighted by Gasteiger charge is -2.24. The molecule has 4 heterocycles. The molecule has 0 aromatic carbocycles. The number of aromatic nitrogens is 4. The Bertz CT molecular complexity index is 843. The summed E-state index contributed by atoms with van der Waals surface area (Å²) in [6, 6.07) is 0. The predicted octanol–water partition coefficient (Wildman–Crippen LogP) is 3.04. The molecule has 0 unspecified atom stereocenters. The van der Waals surface area contributed by atoms with E-state index in [9.17, 15) is 0 Å². The van der Waals surface area contributed by atoms with Gasteiger partial charge >= 0.3 is 0 Å². The highest BCUT2D eigenvalue weighted by Gasteiger charge is 2.23. The Morgan fingerprint density at radius 3 is 2.87 bits per heavy atom. The van der Waals surface area contributed by atoms with Crippen LogP contribution in [0, 0.1) is 0 Å². The van der Waals surface area contributed by atoms with E-state index in [1.54, 1.807) is 6.20 Å². The normalized spacial score (nSPS) is 20.2. The van der Waals surface area contributed by atoms with Gasteiger partial charge < -0.3 is 14.5 Å². The number of hydrogen-bond acceptors (Lipinski definition) is 4. The molecule has 5 rings (SSSR count). The van der Waals surface area contributed by atoms with Crippen LogP contribution in [0.25, 0.3) is 16.8 Å². The highest BCUT2D eigenvalue weighted by Crippen LogP contribution is 2.33. The van der Waals surface area contributed by atoms with Gasteiger partial charge in [0.25, 0.3) is 0 Å². The maximum atomic E-state index is 5.96. The van der Waals surface area contributed by atoms with Crippen LogP contribution < -0.4 is 4.74 Å². The first-order chi connectivity index (χ1) is 11.4. The second kappa shape index (κ2) is 5.23. The third-order valence-corrected chi connectivity index (χ3v) is 5.12. The smallest absolute Gasteiger partial charge is 0.232 e. The summed E-state index contributed by atoms with van der Waals surface area (Å²) in [4.78, 5) is 12.4. The van der Waals surface area contributed by atoms with Crippen LogP contribution in [0.15, 0.2) is 18.6 Å². The molecular weight excluding hydrogens is 292 g/mol. The van der Waals surface area contributed by atoms with Crippen LogP contribution in [0.4, 0.5) is 0 Å². The molecular formula is C17H20N4O2. The zero-order valence-corrected chi connectivity index (χ0v) is 13.0. The van der Waals surface area contributed by atoms with Crippen molar-refractivity contribution in [3.63, 3.8) is 0 Å². The minimum atomic E-state index is 0.338. The van der Waals surface area contributed by atoms with Gasteiger partial charge in [-0.15, -0.1) is 0 Å². The summed E-state index contributed by atoms with van der Waals surface area (Å²) < 4.78 is 13.6. The largest absolute Gasteiger partial charge is 0.473 e. The van der Waals surface area contributed by atoms with Crippen LogP contribution in [0.1, 0.15) is 43.6 Å². The molecule has 1 aliphatic carbocycles. The summed E-state index contributed by atoms with van der Waals surface area (Å²) in [7, 11) is 0. The first-order valence-corrected chi connectivity index (χ1v) is 8.48. The van der Waals surface area contributed by atoms with Crippen LogP contribution in [-0.2, 0) is 4.74 Å². The van der Waals surface area contributed by atoms with Gasteiger partial charge in [0, 0.05) is 19.4 Å². The van der Waals surface area contributed by atoms with Gasteiger partial charge in [-0.3, -0.25) is 4.40 Å². The minimum absolute atomic E-state index is 0.338. The minimum Gasteiger partial charge on any atom is -0.473 e. The van der Waals surface area contributed by atoms with Crippen molar-refractivity contribution in [1.82, 2.24) is 19.4 Å². The first kappa shape index (κ1) is 13.4. The van der Waals surface area contributed by atoms with E-state index < -0.39 is 0 Å². The fourth-order valence-corrected chi connectivity index (χ4v) is 3.57. The molecule has 6 heteroatoms. The molecule has 1 saturated heterocycles. The maximum absolute atomic E-state index is 5.96. The molecule has 0 amide bonds. The van der Waals surface area contributed by atoms with E-state index in [1.165, 1.54) is 12.0 Å². The molecule has 3 aromatic rings. The summed E-state index contributed by atoms with van der Waals surface area (Å²) >= 11 is 0. The molecule has 120 valence electrons. The fourth-order valence-electron chi connectivity index (χ4n) is 3.57. The molecule has 3 aromatic heterocycles. The van der Waals surface area contributed by atoms with Crippen LogP contribution in [0.3, 0.4) is 0 Å². The van der Waals surface area contributed by atoms with E-state index in [0.717, 1.165) is 55.7 Å². The molecule has 6 nitrogen and oxygen atoms in total. The molecule has 2 aliphatic rings. The number of hydrogen-bond donors (Lipinski definition) is 1. The van der Waals surface area contributed by atoms with Crippen molar-refractivity contribution in [3.8, 4) is 5.88 Å². The zero-order chi connectivity index (χ0) is 15.2. The van der Waals surface area contributed by atoms with Gasteiger partial charge in [-0.1, -0.05) is 0 Å². The van der Waals surface area contributed by atoms with Crippen molar-refractivity contribution >= 4 is 16.8 Å². The second-order valence-corrected chi connectivity index (χ2v) is 6.56. The maximum Gasteiger partial charge on any atom is 0.232 e. The Balaban J connectivity index is 1.60. The summed E-state index contributed by atoms with van der Waals surface area (Å²) in [6.07, 6.45) is 11.9. The number of rotatable bonds is 3. The first-order valence-electron chi connectivity index (χ1n) is 8.48. The van der Waals surface area contributed by atoms with Crippen molar-refractivity contribution in [2.45, 2.75) is 44.1 Å². The molecule has 1 aliphatic heterocycles. The van der Waals surface area contributed by atoms with Gasteiger partial charge in [-0.2, -0.15) is 4.98 Å². The Morgan fingerprint density at radius 2 is 2.09 bits per heavy atom. The van der Waals surface area contributed by atoms with Crippen LogP contribution in [0.2, 0.25) is 0 Å². The van der Waals surface area contributed by atoms with Crippen molar-refractivity contribution in [2.75, 3.05) is 13.2 Å². The Kier molecular flexibility index (Phi) is 3.04. The molecule has 0 bridgehead atoms. The van der Waals surface area contributed by atoms with Gasteiger partial charge in [0.15, 0.2) is 11.3 Å². The lowest BCUT2D eigenvalue weighted by atomic mass is 9.93. The highest BCUT2D eigenvalue weighted by atomic mass is 16.5. The van der Waals surface area contributed by atoms with E-state index in [1.807, 2.05) is 6.20 Å². The standard InChI is InChI=1S/C17H20N4O2/c1-2-12(3-1)23-15-10-21-14(20-15)9-19-17-16(21)13(8-18-17)11-4-6-22-7-5-11/h8-12,18H,1-7H2. The lowest BCUT2D eigenvalue weighted by Crippen LogP contribution is -2.24. The molecule has 1 N–H and O–H groups in total. The summed E-state index contributed by atoms with van der Waals surface area (Å²) in [5, 5.41) is 0. The molecule has 2 fully saturated rings. The van der Waals surface area contributed by atoms with Gasteiger partial charge in [-0.05, 0) is 43.6 Å². The lowest BCUT2D eigenvalue weighted by molar-refractivity contribution is 0.0855. The average Bonchev–Trinajstić information content (AvgIpc) is 3.14. The van der Waals surface area contributed by atoms with Gasteiger partial charge in [0.1, 0.15) is 6.10 Å². The van der Waals surface area contributed by atoms with Gasteiger partial charge in [0.05, 0.1) is 17.9 Å². The van der Waals surface area contributed by atoms with Crippen molar-refractivity contribution in [3.05, 3.63) is 24.2 Å². The summed E-state index contributed by atoms with van der Waals surface area (Å²) in [5.74, 6) is 1.23. The predicted molar refractivity (Wildman–Crippen MR) is 85.9 cm³/mol. The van der Waals surface area contributed by atoms with Gasteiger partial charge in [-0.25, -0.2) is 4.98 Å². The van der Waals surface area contributed by atoms with Crippen LogP contribution >= 0.6 is 0 Å². The average molecular weight is 312 g/mol. The monoisotopic (exact) mass is 312 g/mol. The number of fused-ring (bicyclic) bond motifs is 3. The number of nitrogens with one attached hydrogen (secondary N) is 1. The molecule has 1 saturated carbocycles. The summed E-state index contributed by atoms with van der Waals surface area (Å²) in [6.45, 7) is 1.67. The van der Waals surface area contributed by atoms with E-state index in [2.05, 4.69) is 25.5 Å². The number of H-pyrrole nitrogens is 1. The topological polar surface area (TPSA) is 64.4 Å². The van der Waals surface area contributed by atoms with E-state index in [0.29, 0.717) is 17.9 Å². The Labute approximate surface area is 133 Å². The van der Waals surface area contributed by atoms with Crippen LogP contribution in [0.5, 0.6) is 5.88 Å². The number of nitrogens with zero attached hydrogens (tertiary/aromatic N) is 3. The van der Waals surface area contributed by atoms with Crippen molar-refractivity contribution in [1.29, 1.82) is 0 Å². The quantitative estimate of drug-likeness (QED) is 0.807. The number of imidazole rings is 1. The molecule has 0 radical (unpaired) electrons. The Hall–Kier alpha value is -2.08. The van der Waals surface area contributed by atoms with E-state index >= 15 is 0 Å². The van der Waals surface area contributed by atoms with Gasteiger partial charge in [0.2, 0.25) is 5.88 Å². The number of aromatic amines is 1.